The second-order valence-electron chi connectivity index (χ2n) is 5.28. The Morgan fingerprint density at radius 1 is 1.17 bits per heavy atom. The molecule has 2 aromatic carbocycles. The second-order valence-corrected chi connectivity index (χ2v) is 6.10. The largest absolute Gasteiger partial charge is 0.489 e. The number of aromatic carboxylic acids is 1. The molecule has 0 aliphatic rings. The highest BCUT2D eigenvalue weighted by Gasteiger charge is 2.10. The van der Waals surface area contributed by atoms with Crippen molar-refractivity contribution in [1.29, 1.82) is 0 Å². The van der Waals surface area contributed by atoms with Crippen molar-refractivity contribution < 1.29 is 14.6 Å². The number of carboxylic acids is 1. The zero-order valence-electron chi connectivity index (χ0n) is 12.8. The Morgan fingerprint density at radius 2 is 1.91 bits per heavy atom. The molecule has 0 heterocycles. The van der Waals surface area contributed by atoms with E-state index in [2.05, 4.69) is 5.32 Å². The van der Waals surface area contributed by atoms with Crippen LogP contribution < -0.4 is 10.1 Å². The molecule has 2 aromatic rings. The Bertz CT molecular complexity index is 717. The normalized spacial score (nSPS) is 10.7. The van der Waals surface area contributed by atoms with Crippen molar-refractivity contribution in [3.05, 3.63) is 57.6 Å². The molecule has 2 rings (SSSR count). The number of anilines is 1. The van der Waals surface area contributed by atoms with Crippen molar-refractivity contribution in [3.8, 4) is 5.75 Å². The van der Waals surface area contributed by atoms with Crippen molar-refractivity contribution in [1.82, 2.24) is 0 Å². The van der Waals surface area contributed by atoms with E-state index in [9.17, 15) is 4.79 Å². The van der Waals surface area contributed by atoms with E-state index in [1.165, 1.54) is 6.07 Å². The first-order chi connectivity index (χ1) is 10.9. The zero-order valence-corrected chi connectivity index (χ0v) is 14.3. The lowest BCUT2D eigenvalue weighted by Gasteiger charge is -2.13. The van der Waals surface area contributed by atoms with E-state index in [1.54, 1.807) is 12.1 Å². The molecular formula is C17H17Cl2NO3. The van der Waals surface area contributed by atoms with Gasteiger partial charge in [-0.15, -0.1) is 0 Å². The van der Waals surface area contributed by atoms with E-state index >= 15 is 0 Å². The molecule has 0 bridgehead atoms. The van der Waals surface area contributed by atoms with Crippen molar-refractivity contribution in [2.45, 2.75) is 26.5 Å². The van der Waals surface area contributed by atoms with Crippen LogP contribution in [-0.4, -0.2) is 17.2 Å². The fourth-order valence-corrected chi connectivity index (χ4v) is 2.45. The topological polar surface area (TPSA) is 58.6 Å². The fraction of sp³-hybridized carbons (Fsp3) is 0.235. The lowest BCUT2D eigenvalue weighted by molar-refractivity contribution is 0.0697. The van der Waals surface area contributed by atoms with Crippen LogP contribution in [-0.2, 0) is 6.54 Å². The van der Waals surface area contributed by atoms with E-state index in [-0.39, 0.29) is 16.7 Å². The van der Waals surface area contributed by atoms with Crippen LogP contribution in [0.3, 0.4) is 0 Å². The van der Waals surface area contributed by atoms with E-state index in [0.29, 0.717) is 23.0 Å². The van der Waals surface area contributed by atoms with Crippen LogP contribution in [0.25, 0.3) is 0 Å². The number of halogens is 2. The molecule has 0 fully saturated rings. The van der Waals surface area contributed by atoms with Crippen LogP contribution in [0.15, 0.2) is 36.4 Å². The summed E-state index contributed by atoms with van der Waals surface area (Å²) in [5, 5.41) is 13.0. The maximum atomic E-state index is 11.1. The van der Waals surface area contributed by atoms with Gasteiger partial charge in [-0.2, -0.15) is 0 Å². The summed E-state index contributed by atoms with van der Waals surface area (Å²) in [5.41, 5.74) is 1.69. The van der Waals surface area contributed by atoms with Gasteiger partial charge in [-0.1, -0.05) is 29.3 Å². The Hall–Kier alpha value is -1.91. The van der Waals surface area contributed by atoms with Crippen LogP contribution in [0.2, 0.25) is 10.0 Å². The van der Waals surface area contributed by atoms with Crippen LogP contribution in [0.5, 0.6) is 5.75 Å². The summed E-state index contributed by atoms with van der Waals surface area (Å²) in [7, 11) is 0. The Balaban J connectivity index is 2.08. The molecule has 0 aliphatic carbocycles. The van der Waals surface area contributed by atoms with Gasteiger partial charge in [0.2, 0.25) is 0 Å². The molecule has 0 saturated carbocycles. The highest BCUT2D eigenvalue weighted by atomic mass is 35.5. The van der Waals surface area contributed by atoms with Gasteiger partial charge in [0.1, 0.15) is 5.75 Å². The number of rotatable bonds is 6. The average Bonchev–Trinajstić information content (AvgIpc) is 2.48. The summed E-state index contributed by atoms with van der Waals surface area (Å²) < 4.78 is 5.59. The highest BCUT2D eigenvalue weighted by Crippen LogP contribution is 2.27. The van der Waals surface area contributed by atoms with E-state index < -0.39 is 5.97 Å². The maximum Gasteiger partial charge on any atom is 0.337 e. The summed E-state index contributed by atoms with van der Waals surface area (Å²) in [6.07, 6.45) is 0.0555. The fourth-order valence-electron chi connectivity index (χ4n) is 2.01. The Morgan fingerprint density at radius 3 is 2.52 bits per heavy atom. The van der Waals surface area contributed by atoms with Gasteiger partial charge in [0, 0.05) is 12.2 Å². The SMILES string of the molecule is CC(C)Oc1ccc(CNc2ccc(Cl)c(C(=O)O)c2)cc1Cl. The first kappa shape index (κ1) is 17.4. The smallest absolute Gasteiger partial charge is 0.337 e. The molecule has 0 atom stereocenters. The quantitative estimate of drug-likeness (QED) is 0.759. The van der Waals surface area contributed by atoms with Crippen LogP contribution >= 0.6 is 23.2 Å². The molecule has 0 aliphatic heterocycles. The molecule has 0 unspecified atom stereocenters. The highest BCUT2D eigenvalue weighted by molar-refractivity contribution is 6.33. The van der Waals surface area contributed by atoms with Gasteiger partial charge in [-0.3, -0.25) is 0 Å². The molecule has 122 valence electrons. The summed E-state index contributed by atoms with van der Waals surface area (Å²) >= 11 is 12.0. The lowest BCUT2D eigenvalue weighted by atomic mass is 10.1. The first-order valence-electron chi connectivity index (χ1n) is 7.08. The minimum atomic E-state index is -1.06. The van der Waals surface area contributed by atoms with Crippen LogP contribution in [0.4, 0.5) is 5.69 Å². The number of carboxylic acid groups (broad SMARTS) is 1. The Kier molecular flexibility index (Phi) is 5.74. The maximum absolute atomic E-state index is 11.1. The number of benzene rings is 2. The van der Waals surface area contributed by atoms with Gasteiger partial charge in [0.25, 0.3) is 0 Å². The standard InChI is InChI=1S/C17H17Cl2NO3/c1-10(2)23-16-6-3-11(7-15(16)19)9-20-12-4-5-14(18)13(8-12)17(21)22/h3-8,10,20H,9H2,1-2H3,(H,21,22). The molecule has 0 radical (unpaired) electrons. The van der Waals surface area contributed by atoms with E-state index in [1.807, 2.05) is 32.0 Å². The predicted molar refractivity (Wildman–Crippen MR) is 93.0 cm³/mol. The van der Waals surface area contributed by atoms with Gasteiger partial charge >= 0.3 is 5.97 Å². The molecule has 0 aromatic heterocycles. The lowest BCUT2D eigenvalue weighted by Crippen LogP contribution is -2.06. The van der Waals surface area contributed by atoms with Gasteiger partial charge < -0.3 is 15.2 Å². The summed E-state index contributed by atoms with van der Waals surface area (Å²) in [6, 6.07) is 10.3. The average molecular weight is 354 g/mol. The number of carbonyl (C=O) groups is 1. The molecular weight excluding hydrogens is 337 g/mol. The van der Waals surface area contributed by atoms with Gasteiger partial charge in [-0.25, -0.2) is 4.79 Å². The van der Waals surface area contributed by atoms with E-state index in [4.69, 9.17) is 33.0 Å². The number of nitrogens with one attached hydrogen (secondary N) is 1. The third-order valence-electron chi connectivity index (χ3n) is 3.05. The van der Waals surface area contributed by atoms with Crippen molar-refractivity contribution in [3.63, 3.8) is 0 Å². The summed E-state index contributed by atoms with van der Waals surface area (Å²) in [4.78, 5) is 11.1. The monoisotopic (exact) mass is 353 g/mol. The van der Waals surface area contributed by atoms with Crippen molar-refractivity contribution in [2.75, 3.05) is 5.32 Å². The number of hydrogen-bond acceptors (Lipinski definition) is 3. The number of ether oxygens (including phenoxy) is 1. The molecule has 4 nitrogen and oxygen atoms in total. The molecule has 0 amide bonds. The zero-order chi connectivity index (χ0) is 17.0. The molecule has 0 spiro atoms. The molecule has 6 heteroatoms. The second kappa shape index (κ2) is 7.57. The van der Waals surface area contributed by atoms with E-state index in [0.717, 1.165) is 5.56 Å². The third-order valence-corrected chi connectivity index (χ3v) is 3.68. The third kappa shape index (κ3) is 4.78. The van der Waals surface area contributed by atoms with Crippen LogP contribution in [0.1, 0.15) is 29.8 Å². The minimum Gasteiger partial charge on any atom is -0.489 e. The molecule has 2 N–H and O–H groups in total. The van der Waals surface area contributed by atoms with Gasteiger partial charge in [-0.05, 0) is 49.7 Å². The van der Waals surface area contributed by atoms with Gasteiger partial charge in [0.05, 0.1) is 21.7 Å². The van der Waals surface area contributed by atoms with Gasteiger partial charge in [0.15, 0.2) is 0 Å². The first-order valence-corrected chi connectivity index (χ1v) is 7.84. The Labute approximate surface area is 145 Å². The van der Waals surface area contributed by atoms with Crippen molar-refractivity contribution in [2.24, 2.45) is 0 Å². The summed E-state index contributed by atoms with van der Waals surface area (Å²) in [5.74, 6) is -0.415. The van der Waals surface area contributed by atoms with Crippen molar-refractivity contribution >= 4 is 34.9 Å². The molecule has 0 saturated heterocycles. The van der Waals surface area contributed by atoms with Crippen LogP contribution in [0, 0.1) is 0 Å². The molecule has 23 heavy (non-hydrogen) atoms. The summed E-state index contributed by atoms with van der Waals surface area (Å²) in [6.45, 7) is 4.38. The predicted octanol–water partition coefficient (Wildman–Crippen LogP) is 5.09. The number of hydrogen-bond donors (Lipinski definition) is 2. The minimum absolute atomic E-state index is 0.0555.